The Morgan fingerprint density at radius 1 is 0.600 bits per heavy atom. The van der Waals surface area contributed by atoms with E-state index in [1.807, 2.05) is 0 Å². The second kappa shape index (κ2) is 13.2. The molecular weight excluding hydrogens is 384 g/mol. The van der Waals surface area contributed by atoms with Gasteiger partial charge in [-0.3, -0.25) is 0 Å². The fourth-order valence-electron chi connectivity index (χ4n) is 2.74. The number of hydrogen-bond acceptors (Lipinski definition) is 6. The zero-order valence-electron chi connectivity index (χ0n) is 17.7. The molecule has 0 fully saturated rings. The van der Waals surface area contributed by atoms with Crippen LogP contribution in [0.1, 0.15) is 60.2 Å². The summed E-state index contributed by atoms with van der Waals surface area (Å²) in [5.74, 6) is 0.859. The molecule has 0 amide bonds. The van der Waals surface area contributed by atoms with E-state index in [0.29, 0.717) is 37.6 Å². The minimum absolute atomic E-state index is 0.318. The van der Waals surface area contributed by atoms with Crippen LogP contribution in [0.5, 0.6) is 11.5 Å². The largest absolute Gasteiger partial charge is 0.494 e. The quantitative estimate of drug-likeness (QED) is 0.337. The SMILES string of the molecule is CCOC(=O)c1ccc(OCCCCCCOc2ccc(C(=O)OCC)cc2)cc1. The molecule has 0 aliphatic carbocycles. The van der Waals surface area contributed by atoms with E-state index in [-0.39, 0.29) is 11.9 Å². The highest BCUT2D eigenvalue weighted by atomic mass is 16.5. The van der Waals surface area contributed by atoms with E-state index in [2.05, 4.69) is 0 Å². The maximum atomic E-state index is 11.6. The Morgan fingerprint density at radius 2 is 0.967 bits per heavy atom. The lowest BCUT2D eigenvalue weighted by atomic mass is 10.2. The third-order valence-corrected chi connectivity index (χ3v) is 4.31. The van der Waals surface area contributed by atoms with Gasteiger partial charge in [-0.2, -0.15) is 0 Å². The van der Waals surface area contributed by atoms with E-state index in [1.165, 1.54) is 0 Å². The number of unbranched alkanes of at least 4 members (excludes halogenated alkanes) is 3. The lowest BCUT2D eigenvalue weighted by Gasteiger charge is -2.08. The summed E-state index contributed by atoms with van der Waals surface area (Å²) in [5.41, 5.74) is 1.06. The van der Waals surface area contributed by atoms with Crippen LogP contribution in [0.4, 0.5) is 0 Å². The molecule has 2 aromatic carbocycles. The number of esters is 2. The van der Waals surface area contributed by atoms with E-state index in [9.17, 15) is 9.59 Å². The van der Waals surface area contributed by atoms with Crippen molar-refractivity contribution in [1.29, 1.82) is 0 Å². The molecule has 0 saturated heterocycles. The van der Waals surface area contributed by atoms with Gasteiger partial charge in [0, 0.05) is 0 Å². The molecule has 0 N–H and O–H groups in total. The molecule has 30 heavy (non-hydrogen) atoms. The smallest absolute Gasteiger partial charge is 0.338 e. The topological polar surface area (TPSA) is 71.1 Å². The third-order valence-electron chi connectivity index (χ3n) is 4.31. The van der Waals surface area contributed by atoms with Crippen LogP contribution in [-0.4, -0.2) is 38.4 Å². The Bertz CT molecular complexity index is 700. The first kappa shape index (κ1) is 23.3. The zero-order valence-corrected chi connectivity index (χ0v) is 17.7. The molecule has 162 valence electrons. The molecule has 6 nitrogen and oxygen atoms in total. The van der Waals surface area contributed by atoms with Crippen LogP contribution in [0, 0.1) is 0 Å². The van der Waals surface area contributed by atoms with E-state index in [4.69, 9.17) is 18.9 Å². The minimum Gasteiger partial charge on any atom is -0.494 e. The van der Waals surface area contributed by atoms with Gasteiger partial charge in [-0.25, -0.2) is 9.59 Å². The van der Waals surface area contributed by atoms with Crippen molar-refractivity contribution >= 4 is 11.9 Å². The minimum atomic E-state index is -0.318. The summed E-state index contributed by atoms with van der Waals surface area (Å²) in [6, 6.07) is 14.0. The molecular formula is C24H30O6. The van der Waals surface area contributed by atoms with Crippen molar-refractivity contribution in [3.63, 3.8) is 0 Å². The van der Waals surface area contributed by atoms with Crippen LogP contribution in [0.15, 0.2) is 48.5 Å². The number of rotatable bonds is 13. The predicted octanol–water partition coefficient (Wildman–Crippen LogP) is 5.06. The number of ether oxygens (including phenoxy) is 4. The highest BCUT2D eigenvalue weighted by molar-refractivity contribution is 5.89. The Balaban J connectivity index is 1.54. The van der Waals surface area contributed by atoms with Gasteiger partial charge in [0.2, 0.25) is 0 Å². The Hall–Kier alpha value is -3.02. The first-order valence-electron chi connectivity index (χ1n) is 10.4. The second-order valence-electron chi connectivity index (χ2n) is 6.60. The molecule has 0 aliphatic heterocycles. The van der Waals surface area contributed by atoms with E-state index in [0.717, 1.165) is 37.2 Å². The van der Waals surface area contributed by atoms with Crippen molar-refractivity contribution in [2.45, 2.75) is 39.5 Å². The Morgan fingerprint density at radius 3 is 1.30 bits per heavy atom. The highest BCUT2D eigenvalue weighted by Crippen LogP contribution is 2.15. The summed E-state index contributed by atoms with van der Waals surface area (Å²) in [6.45, 7) is 5.57. The first-order chi connectivity index (χ1) is 14.6. The summed E-state index contributed by atoms with van der Waals surface area (Å²) in [6.07, 6.45) is 4.00. The number of hydrogen-bond donors (Lipinski definition) is 0. The molecule has 2 aromatic rings. The summed E-state index contributed by atoms with van der Waals surface area (Å²) >= 11 is 0. The molecule has 0 atom stereocenters. The molecule has 0 spiro atoms. The van der Waals surface area contributed by atoms with E-state index < -0.39 is 0 Å². The van der Waals surface area contributed by atoms with Gasteiger partial charge in [-0.1, -0.05) is 0 Å². The molecule has 0 bridgehead atoms. The monoisotopic (exact) mass is 414 g/mol. The van der Waals surface area contributed by atoms with Crippen LogP contribution >= 0.6 is 0 Å². The zero-order chi connectivity index (χ0) is 21.6. The number of carbonyl (C=O) groups is 2. The van der Waals surface area contributed by atoms with Crippen molar-refractivity contribution in [1.82, 2.24) is 0 Å². The van der Waals surface area contributed by atoms with Crippen LogP contribution in [0.25, 0.3) is 0 Å². The molecule has 0 aromatic heterocycles. The average Bonchev–Trinajstić information content (AvgIpc) is 2.76. The maximum absolute atomic E-state index is 11.6. The molecule has 0 heterocycles. The lowest BCUT2D eigenvalue weighted by Crippen LogP contribution is -2.05. The van der Waals surface area contributed by atoms with Crippen LogP contribution in [-0.2, 0) is 9.47 Å². The van der Waals surface area contributed by atoms with Gasteiger partial charge < -0.3 is 18.9 Å². The van der Waals surface area contributed by atoms with Gasteiger partial charge in [-0.15, -0.1) is 0 Å². The molecule has 0 unspecified atom stereocenters. The summed E-state index contributed by atoms with van der Waals surface area (Å²) < 4.78 is 21.3. The summed E-state index contributed by atoms with van der Waals surface area (Å²) in [5, 5.41) is 0. The fraction of sp³-hybridized carbons (Fsp3) is 0.417. The Kier molecular flexibility index (Phi) is 10.3. The van der Waals surface area contributed by atoms with Crippen molar-refractivity contribution in [3.8, 4) is 11.5 Å². The van der Waals surface area contributed by atoms with Crippen molar-refractivity contribution in [2.75, 3.05) is 26.4 Å². The molecule has 0 saturated carbocycles. The van der Waals surface area contributed by atoms with Gasteiger partial charge >= 0.3 is 11.9 Å². The van der Waals surface area contributed by atoms with Crippen molar-refractivity contribution in [3.05, 3.63) is 59.7 Å². The van der Waals surface area contributed by atoms with E-state index >= 15 is 0 Å². The van der Waals surface area contributed by atoms with E-state index in [1.54, 1.807) is 62.4 Å². The highest BCUT2D eigenvalue weighted by Gasteiger charge is 2.06. The van der Waals surface area contributed by atoms with Crippen molar-refractivity contribution < 1.29 is 28.5 Å². The molecule has 0 radical (unpaired) electrons. The van der Waals surface area contributed by atoms with Gasteiger partial charge in [-0.05, 0) is 88.1 Å². The van der Waals surface area contributed by atoms with Gasteiger partial charge in [0.05, 0.1) is 37.6 Å². The summed E-state index contributed by atoms with van der Waals surface area (Å²) in [4.78, 5) is 23.2. The maximum Gasteiger partial charge on any atom is 0.338 e. The standard InChI is InChI=1S/C24H30O6/c1-3-27-23(25)19-9-13-21(14-10-19)29-17-7-5-6-8-18-30-22-15-11-20(12-16-22)24(26)28-4-2/h9-16H,3-8,17-18H2,1-2H3. The average molecular weight is 414 g/mol. The second-order valence-corrected chi connectivity index (χ2v) is 6.60. The van der Waals surface area contributed by atoms with Crippen LogP contribution in [0.3, 0.4) is 0 Å². The summed E-state index contributed by atoms with van der Waals surface area (Å²) in [7, 11) is 0. The fourth-order valence-corrected chi connectivity index (χ4v) is 2.74. The molecule has 6 heteroatoms. The third kappa shape index (κ3) is 8.15. The van der Waals surface area contributed by atoms with Gasteiger partial charge in [0.25, 0.3) is 0 Å². The lowest BCUT2D eigenvalue weighted by molar-refractivity contribution is 0.0516. The predicted molar refractivity (Wildman–Crippen MR) is 114 cm³/mol. The normalized spacial score (nSPS) is 10.3. The molecule has 2 rings (SSSR count). The van der Waals surface area contributed by atoms with Crippen LogP contribution < -0.4 is 9.47 Å². The van der Waals surface area contributed by atoms with Gasteiger partial charge in [0.1, 0.15) is 11.5 Å². The number of carbonyl (C=O) groups excluding carboxylic acids is 2. The molecule has 0 aliphatic rings. The van der Waals surface area contributed by atoms with Crippen molar-refractivity contribution in [2.24, 2.45) is 0 Å². The van der Waals surface area contributed by atoms with Crippen LogP contribution in [0.2, 0.25) is 0 Å². The van der Waals surface area contributed by atoms with Gasteiger partial charge in [0.15, 0.2) is 0 Å². The number of benzene rings is 2. The first-order valence-corrected chi connectivity index (χ1v) is 10.4. The Labute approximate surface area is 178 Å².